The summed E-state index contributed by atoms with van der Waals surface area (Å²) in [6.07, 6.45) is -4.71. The maximum absolute atomic E-state index is 12.5. The average Bonchev–Trinajstić information content (AvgIpc) is 2.35. The van der Waals surface area contributed by atoms with E-state index in [2.05, 4.69) is 0 Å². The summed E-state index contributed by atoms with van der Waals surface area (Å²) < 4.78 is 63.0. The lowest BCUT2D eigenvalue weighted by molar-refractivity contribution is -0.139. The van der Waals surface area contributed by atoms with Crippen molar-refractivity contribution in [3.05, 3.63) is 29.8 Å². The molecule has 5 nitrogen and oxygen atoms in total. The third kappa shape index (κ3) is 3.94. The number of rotatable bonds is 5. The van der Waals surface area contributed by atoms with E-state index in [1.165, 1.54) is 6.92 Å². The number of carbonyl (C=O) groups is 1. The number of carboxylic acids is 1. The Morgan fingerprint density at radius 1 is 1.40 bits per heavy atom. The van der Waals surface area contributed by atoms with E-state index >= 15 is 0 Å². The van der Waals surface area contributed by atoms with E-state index in [0.717, 1.165) is 18.2 Å². The predicted octanol–water partition coefficient (Wildman–Crippen LogP) is 1.85. The molecule has 0 saturated heterocycles. The van der Waals surface area contributed by atoms with Crippen molar-refractivity contribution in [1.82, 2.24) is 4.72 Å². The number of alkyl halides is 3. The number of sulfonamides is 1. The number of hydrogen-bond donors (Lipinski definition) is 2. The fourth-order valence-electron chi connectivity index (χ4n) is 1.40. The number of aliphatic carboxylic acids is 1. The van der Waals surface area contributed by atoms with Crippen LogP contribution >= 0.6 is 0 Å². The van der Waals surface area contributed by atoms with Crippen LogP contribution in [0.2, 0.25) is 0 Å². The van der Waals surface area contributed by atoms with Crippen LogP contribution in [-0.4, -0.2) is 25.5 Å². The molecule has 0 amide bonds. The molecular weight excluding hydrogens is 299 g/mol. The summed E-state index contributed by atoms with van der Waals surface area (Å²) >= 11 is 0. The van der Waals surface area contributed by atoms with E-state index in [1.807, 2.05) is 4.72 Å². The van der Waals surface area contributed by atoms with E-state index in [-0.39, 0.29) is 6.42 Å². The molecule has 0 aliphatic rings. The van der Waals surface area contributed by atoms with Gasteiger partial charge in [-0.1, -0.05) is 13.0 Å². The molecule has 0 spiro atoms. The monoisotopic (exact) mass is 311 g/mol. The van der Waals surface area contributed by atoms with Gasteiger partial charge in [0.15, 0.2) is 0 Å². The smallest absolute Gasteiger partial charge is 0.416 e. The first-order valence-electron chi connectivity index (χ1n) is 5.50. The molecule has 1 aromatic rings. The zero-order valence-electron chi connectivity index (χ0n) is 10.3. The molecule has 0 aromatic heterocycles. The minimum absolute atomic E-state index is 0.0342. The Labute approximate surface area is 113 Å². The number of hydrogen-bond acceptors (Lipinski definition) is 3. The Morgan fingerprint density at radius 2 is 2.00 bits per heavy atom. The molecule has 0 bridgehead atoms. The van der Waals surface area contributed by atoms with Crippen molar-refractivity contribution in [2.24, 2.45) is 0 Å². The van der Waals surface area contributed by atoms with Crippen LogP contribution in [0, 0.1) is 0 Å². The van der Waals surface area contributed by atoms with Gasteiger partial charge in [-0.3, -0.25) is 4.79 Å². The first-order valence-corrected chi connectivity index (χ1v) is 6.98. The van der Waals surface area contributed by atoms with Gasteiger partial charge in [-0.2, -0.15) is 17.9 Å². The van der Waals surface area contributed by atoms with Crippen molar-refractivity contribution in [2.45, 2.75) is 30.5 Å². The molecule has 0 fully saturated rings. The molecule has 112 valence electrons. The molecule has 1 aromatic carbocycles. The minimum Gasteiger partial charge on any atom is -0.480 e. The highest BCUT2D eigenvalue weighted by atomic mass is 32.2. The Kier molecular flexibility index (Phi) is 4.77. The molecule has 0 aliphatic carbocycles. The van der Waals surface area contributed by atoms with E-state index < -0.39 is 38.7 Å². The van der Waals surface area contributed by atoms with Crippen molar-refractivity contribution in [1.29, 1.82) is 0 Å². The Hall–Kier alpha value is -1.61. The van der Waals surface area contributed by atoms with Crippen LogP contribution in [0.1, 0.15) is 18.9 Å². The lowest BCUT2D eigenvalue weighted by Gasteiger charge is -2.14. The Morgan fingerprint density at radius 3 is 2.45 bits per heavy atom. The lowest BCUT2D eigenvalue weighted by Crippen LogP contribution is -2.40. The van der Waals surface area contributed by atoms with Gasteiger partial charge in [0.25, 0.3) is 0 Å². The third-order valence-corrected chi connectivity index (χ3v) is 3.94. The fraction of sp³-hybridized carbons (Fsp3) is 0.364. The van der Waals surface area contributed by atoms with Gasteiger partial charge in [-0.05, 0) is 24.6 Å². The largest absolute Gasteiger partial charge is 0.480 e. The summed E-state index contributed by atoms with van der Waals surface area (Å²) in [6, 6.07) is 1.70. The third-order valence-electron chi connectivity index (χ3n) is 2.48. The number of halogens is 3. The first-order chi connectivity index (χ1) is 9.08. The zero-order chi connectivity index (χ0) is 15.6. The van der Waals surface area contributed by atoms with Gasteiger partial charge in [-0.15, -0.1) is 0 Å². The van der Waals surface area contributed by atoms with Gasteiger partial charge >= 0.3 is 12.1 Å². The maximum Gasteiger partial charge on any atom is 0.416 e. The van der Waals surface area contributed by atoms with Crippen molar-refractivity contribution in [2.75, 3.05) is 0 Å². The summed E-state index contributed by atoms with van der Waals surface area (Å²) in [6.45, 7) is 1.44. The van der Waals surface area contributed by atoms with Crippen LogP contribution in [-0.2, 0) is 21.0 Å². The molecule has 1 rings (SSSR count). The van der Waals surface area contributed by atoms with Crippen LogP contribution in [0.4, 0.5) is 13.2 Å². The summed E-state index contributed by atoms with van der Waals surface area (Å²) in [4.78, 5) is 10.1. The minimum atomic E-state index is -4.68. The lowest BCUT2D eigenvalue weighted by atomic mass is 10.2. The van der Waals surface area contributed by atoms with Gasteiger partial charge in [0.05, 0.1) is 10.5 Å². The van der Waals surface area contributed by atoms with Crippen molar-refractivity contribution < 1.29 is 31.5 Å². The summed E-state index contributed by atoms with van der Waals surface area (Å²) in [5, 5.41) is 8.76. The van der Waals surface area contributed by atoms with E-state index in [0.29, 0.717) is 6.07 Å². The predicted molar refractivity (Wildman–Crippen MR) is 63.5 cm³/mol. The first kappa shape index (κ1) is 16.4. The summed E-state index contributed by atoms with van der Waals surface area (Å²) in [7, 11) is -4.33. The SMILES string of the molecule is CC[C@H](NS(=O)(=O)c1cccc(C(F)(F)F)c1)C(=O)O. The van der Waals surface area contributed by atoms with Crippen molar-refractivity contribution in [3.63, 3.8) is 0 Å². The molecular formula is C11H12F3NO4S. The summed E-state index contributed by atoms with van der Waals surface area (Å²) in [5.41, 5.74) is -1.12. The highest BCUT2D eigenvalue weighted by molar-refractivity contribution is 7.89. The molecule has 0 saturated carbocycles. The molecule has 1 atom stereocenters. The van der Waals surface area contributed by atoms with Crippen LogP contribution in [0.15, 0.2) is 29.2 Å². The summed E-state index contributed by atoms with van der Waals surface area (Å²) in [5.74, 6) is -1.40. The highest BCUT2D eigenvalue weighted by Gasteiger charge is 2.32. The van der Waals surface area contributed by atoms with E-state index in [9.17, 15) is 26.4 Å². The molecule has 0 heterocycles. The average molecular weight is 311 g/mol. The van der Waals surface area contributed by atoms with Crippen LogP contribution in [0.5, 0.6) is 0 Å². The van der Waals surface area contributed by atoms with Crippen LogP contribution in [0.25, 0.3) is 0 Å². The normalized spacial score (nSPS) is 14.0. The van der Waals surface area contributed by atoms with Gasteiger partial charge in [0.1, 0.15) is 6.04 Å². The number of benzene rings is 1. The molecule has 20 heavy (non-hydrogen) atoms. The molecule has 0 aliphatic heterocycles. The second-order valence-electron chi connectivity index (χ2n) is 3.95. The standard InChI is InChI=1S/C11H12F3NO4S/c1-2-9(10(16)17)15-20(18,19)8-5-3-4-7(6-8)11(12,13)14/h3-6,9,15H,2H2,1H3,(H,16,17)/t9-/m0/s1. The molecule has 0 radical (unpaired) electrons. The van der Waals surface area contributed by atoms with Gasteiger partial charge < -0.3 is 5.11 Å². The Balaban J connectivity index is 3.13. The quantitative estimate of drug-likeness (QED) is 0.869. The molecule has 9 heteroatoms. The van der Waals surface area contributed by atoms with Gasteiger partial charge in [0.2, 0.25) is 10.0 Å². The molecule has 0 unspecified atom stereocenters. The van der Waals surface area contributed by atoms with Crippen LogP contribution in [0.3, 0.4) is 0 Å². The fourth-order valence-corrected chi connectivity index (χ4v) is 2.72. The maximum atomic E-state index is 12.5. The molecule has 2 N–H and O–H groups in total. The Bertz CT molecular complexity index is 598. The van der Waals surface area contributed by atoms with Crippen molar-refractivity contribution in [3.8, 4) is 0 Å². The second kappa shape index (κ2) is 5.80. The van der Waals surface area contributed by atoms with Crippen LogP contribution < -0.4 is 4.72 Å². The zero-order valence-corrected chi connectivity index (χ0v) is 11.1. The number of carboxylic acid groups (broad SMARTS) is 1. The van der Waals surface area contributed by atoms with E-state index in [1.54, 1.807) is 0 Å². The number of nitrogens with one attached hydrogen (secondary N) is 1. The highest BCUT2D eigenvalue weighted by Crippen LogP contribution is 2.30. The van der Waals surface area contributed by atoms with Crippen molar-refractivity contribution >= 4 is 16.0 Å². The van der Waals surface area contributed by atoms with Gasteiger partial charge in [0, 0.05) is 0 Å². The topological polar surface area (TPSA) is 83.5 Å². The van der Waals surface area contributed by atoms with E-state index in [4.69, 9.17) is 5.11 Å². The van der Waals surface area contributed by atoms with Gasteiger partial charge in [-0.25, -0.2) is 8.42 Å². The second-order valence-corrected chi connectivity index (χ2v) is 5.66.